The third kappa shape index (κ3) is 4.91. The van der Waals surface area contributed by atoms with Gasteiger partial charge in [-0.3, -0.25) is 4.79 Å². The lowest BCUT2D eigenvalue weighted by atomic mass is 10.2. The molecule has 0 bridgehead atoms. The Morgan fingerprint density at radius 2 is 2.04 bits per heavy atom. The molecule has 1 saturated heterocycles. The molecular formula is C15H22ClN3O3S. The van der Waals surface area contributed by atoms with Gasteiger partial charge >= 0.3 is 0 Å². The Balaban J connectivity index is 2.05. The Labute approximate surface area is 142 Å². The Morgan fingerprint density at radius 3 is 2.74 bits per heavy atom. The van der Waals surface area contributed by atoms with Gasteiger partial charge in [0.1, 0.15) is 0 Å². The Bertz CT molecular complexity index is 651. The minimum atomic E-state index is -3.63. The van der Waals surface area contributed by atoms with Gasteiger partial charge in [-0.15, -0.1) is 0 Å². The molecule has 2 rings (SSSR count). The number of amides is 1. The summed E-state index contributed by atoms with van der Waals surface area (Å²) in [6.07, 6.45) is 1.51. The molecule has 1 fully saturated rings. The minimum Gasteiger partial charge on any atom is -0.355 e. The van der Waals surface area contributed by atoms with Crippen molar-refractivity contribution in [2.24, 2.45) is 0 Å². The SMILES string of the molecule is CCCNC(=O)CN1CCCN(Cc2cccc(Cl)c2)S1(=O)=O. The summed E-state index contributed by atoms with van der Waals surface area (Å²) in [5.41, 5.74) is 0.832. The van der Waals surface area contributed by atoms with E-state index in [1.54, 1.807) is 18.2 Å². The summed E-state index contributed by atoms with van der Waals surface area (Å²) in [6.45, 7) is 3.45. The summed E-state index contributed by atoms with van der Waals surface area (Å²) in [6, 6.07) is 7.14. The molecule has 8 heteroatoms. The van der Waals surface area contributed by atoms with E-state index in [0.717, 1.165) is 12.0 Å². The largest absolute Gasteiger partial charge is 0.355 e. The summed E-state index contributed by atoms with van der Waals surface area (Å²) in [4.78, 5) is 11.8. The maximum absolute atomic E-state index is 12.7. The van der Waals surface area contributed by atoms with Crippen molar-refractivity contribution in [3.63, 3.8) is 0 Å². The lowest BCUT2D eigenvalue weighted by molar-refractivity contribution is -0.121. The topological polar surface area (TPSA) is 69.7 Å². The van der Waals surface area contributed by atoms with E-state index in [-0.39, 0.29) is 19.0 Å². The Morgan fingerprint density at radius 1 is 1.30 bits per heavy atom. The van der Waals surface area contributed by atoms with E-state index in [1.807, 2.05) is 13.0 Å². The fraction of sp³-hybridized carbons (Fsp3) is 0.533. The summed E-state index contributed by atoms with van der Waals surface area (Å²) < 4.78 is 27.9. The first kappa shape index (κ1) is 18.2. The van der Waals surface area contributed by atoms with Crippen LogP contribution in [-0.2, 0) is 21.5 Å². The molecule has 1 aliphatic rings. The van der Waals surface area contributed by atoms with Gasteiger partial charge in [0.2, 0.25) is 5.91 Å². The summed E-state index contributed by atoms with van der Waals surface area (Å²) in [7, 11) is -3.63. The molecule has 0 unspecified atom stereocenters. The number of halogens is 1. The zero-order chi connectivity index (χ0) is 16.9. The third-order valence-electron chi connectivity index (χ3n) is 3.61. The molecule has 128 valence electrons. The van der Waals surface area contributed by atoms with E-state index in [2.05, 4.69) is 5.32 Å². The van der Waals surface area contributed by atoms with E-state index in [4.69, 9.17) is 11.6 Å². The van der Waals surface area contributed by atoms with Crippen LogP contribution in [0.4, 0.5) is 0 Å². The van der Waals surface area contributed by atoms with Gasteiger partial charge in [-0.25, -0.2) is 0 Å². The van der Waals surface area contributed by atoms with Crippen LogP contribution in [0.1, 0.15) is 25.3 Å². The smallest absolute Gasteiger partial charge is 0.282 e. The van der Waals surface area contributed by atoms with Gasteiger partial charge < -0.3 is 5.32 Å². The molecule has 1 heterocycles. The van der Waals surface area contributed by atoms with Crippen LogP contribution in [0.3, 0.4) is 0 Å². The first-order valence-corrected chi connectivity index (χ1v) is 9.47. The van der Waals surface area contributed by atoms with Crippen LogP contribution >= 0.6 is 11.6 Å². The Hall–Kier alpha value is -1.15. The molecule has 1 aromatic rings. The van der Waals surface area contributed by atoms with Gasteiger partial charge in [0.25, 0.3) is 10.2 Å². The molecule has 1 amide bonds. The van der Waals surface area contributed by atoms with Gasteiger partial charge in [0.05, 0.1) is 6.54 Å². The molecular weight excluding hydrogens is 338 g/mol. The maximum Gasteiger partial charge on any atom is 0.282 e. The molecule has 1 aliphatic heterocycles. The second kappa shape index (κ2) is 8.10. The molecule has 1 N–H and O–H groups in total. The first-order valence-electron chi connectivity index (χ1n) is 7.70. The van der Waals surface area contributed by atoms with Crippen molar-refractivity contribution in [2.75, 3.05) is 26.2 Å². The average molecular weight is 360 g/mol. The van der Waals surface area contributed by atoms with E-state index in [0.29, 0.717) is 31.1 Å². The van der Waals surface area contributed by atoms with E-state index in [1.165, 1.54) is 8.61 Å². The predicted molar refractivity (Wildman–Crippen MR) is 90.3 cm³/mol. The van der Waals surface area contributed by atoms with Crippen LogP contribution in [0.2, 0.25) is 5.02 Å². The highest BCUT2D eigenvalue weighted by atomic mass is 35.5. The number of rotatable bonds is 6. The molecule has 0 aromatic heterocycles. The summed E-state index contributed by atoms with van der Waals surface area (Å²) in [5.74, 6) is -0.264. The highest BCUT2D eigenvalue weighted by molar-refractivity contribution is 7.86. The van der Waals surface area contributed by atoms with Crippen molar-refractivity contribution in [3.8, 4) is 0 Å². The monoisotopic (exact) mass is 359 g/mol. The van der Waals surface area contributed by atoms with Crippen LogP contribution in [0.15, 0.2) is 24.3 Å². The van der Waals surface area contributed by atoms with Crippen molar-refractivity contribution in [2.45, 2.75) is 26.3 Å². The van der Waals surface area contributed by atoms with E-state index >= 15 is 0 Å². The summed E-state index contributed by atoms with van der Waals surface area (Å²) in [5, 5.41) is 3.28. The third-order valence-corrected chi connectivity index (χ3v) is 5.77. The van der Waals surface area contributed by atoms with Gasteiger partial charge in [-0.2, -0.15) is 17.0 Å². The lowest BCUT2D eigenvalue weighted by Gasteiger charge is -2.34. The van der Waals surface area contributed by atoms with Gasteiger partial charge in [-0.05, 0) is 30.5 Å². The zero-order valence-electron chi connectivity index (χ0n) is 13.2. The van der Waals surface area contributed by atoms with Gasteiger partial charge in [0, 0.05) is 31.2 Å². The van der Waals surface area contributed by atoms with Crippen molar-refractivity contribution in [1.82, 2.24) is 13.9 Å². The van der Waals surface area contributed by atoms with Crippen molar-refractivity contribution in [3.05, 3.63) is 34.9 Å². The molecule has 0 spiro atoms. The number of nitrogens with one attached hydrogen (secondary N) is 1. The van der Waals surface area contributed by atoms with Crippen molar-refractivity contribution in [1.29, 1.82) is 0 Å². The fourth-order valence-corrected chi connectivity index (χ4v) is 4.31. The molecule has 1 aromatic carbocycles. The number of hydrogen-bond donors (Lipinski definition) is 1. The van der Waals surface area contributed by atoms with Crippen molar-refractivity contribution < 1.29 is 13.2 Å². The van der Waals surface area contributed by atoms with E-state index in [9.17, 15) is 13.2 Å². The van der Waals surface area contributed by atoms with Crippen LogP contribution in [0.5, 0.6) is 0 Å². The van der Waals surface area contributed by atoms with Gasteiger partial charge in [0.15, 0.2) is 0 Å². The lowest BCUT2D eigenvalue weighted by Crippen LogP contribution is -2.52. The quantitative estimate of drug-likeness (QED) is 0.839. The number of nitrogens with zero attached hydrogens (tertiary/aromatic N) is 2. The number of hydrogen-bond acceptors (Lipinski definition) is 3. The fourth-order valence-electron chi connectivity index (χ4n) is 2.46. The molecule has 0 radical (unpaired) electrons. The first-order chi connectivity index (χ1) is 10.9. The van der Waals surface area contributed by atoms with Crippen molar-refractivity contribution >= 4 is 27.7 Å². The highest BCUT2D eigenvalue weighted by Crippen LogP contribution is 2.20. The van der Waals surface area contributed by atoms with Crippen LogP contribution in [-0.4, -0.2) is 49.1 Å². The summed E-state index contributed by atoms with van der Waals surface area (Å²) >= 11 is 5.95. The molecule has 0 aliphatic carbocycles. The average Bonchev–Trinajstić information content (AvgIpc) is 2.49. The number of carbonyl (C=O) groups excluding carboxylic acids is 1. The normalized spacial score (nSPS) is 18.7. The number of benzene rings is 1. The molecule has 23 heavy (non-hydrogen) atoms. The van der Waals surface area contributed by atoms with Crippen LogP contribution in [0.25, 0.3) is 0 Å². The second-order valence-corrected chi connectivity index (χ2v) is 7.87. The molecule has 0 atom stereocenters. The Kier molecular flexibility index (Phi) is 6.41. The zero-order valence-corrected chi connectivity index (χ0v) is 14.7. The molecule has 0 saturated carbocycles. The maximum atomic E-state index is 12.7. The predicted octanol–water partition coefficient (Wildman–Crippen LogP) is 1.62. The number of carbonyl (C=O) groups is 1. The van der Waals surface area contributed by atoms with E-state index < -0.39 is 10.2 Å². The van der Waals surface area contributed by atoms with Gasteiger partial charge in [-0.1, -0.05) is 30.7 Å². The molecule has 6 nitrogen and oxygen atoms in total. The highest BCUT2D eigenvalue weighted by Gasteiger charge is 2.34. The standard InChI is InChI=1S/C15H22ClN3O3S/c1-2-7-17-15(20)12-19-9-4-8-18(23(19,21)22)11-13-5-3-6-14(16)10-13/h3,5-6,10H,2,4,7-9,11-12H2,1H3,(H,17,20). The van der Waals surface area contributed by atoms with Crippen LogP contribution in [0, 0.1) is 0 Å². The van der Waals surface area contributed by atoms with Crippen LogP contribution < -0.4 is 5.32 Å². The second-order valence-electron chi connectivity index (χ2n) is 5.51. The minimum absolute atomic E-state index is 0.131.